The Bertz CT molecular complexity index is 1060. The lowest BCUT2D eigenvalue weighted by atomic mass is 10.2. The van der Waals surface area contributed by atoms with Gasteiger partial charge in [0.15, 0.2) is 6.61 Å². The van der Waals surface area contributed by atoms with Crippen molar-refractivity contribution >= 4 is 21.9 Å². The van der Waals surface area contributed by atoms with Crippen LogP contribution < -0.4 is 14.8 Å². The van der Waals surface area contributed by atoms with Crippen LogP contribution in [0.25, 0.3) is 0 Å². The smallest absolute Gasteiger partial charge is 0.338 e. The fourth-order valence-electron chi connectivity index (χ4n) is 3.28. The van der Waals surface area contributed by atoms with Gasteiger partial charge < -0.3 is 19.5 Å². The number of esters is 1. The molecular weight excluding hydrogens is 436 g/mol. The van der Waals surface area contributed by atoms with Crippen LogP contribution in [0, 0.1) is 0 Å². The van der Waals surface area contributed by atoms with E-state index in [9.17, 15) is 18.0 Å². The number of nitrogens with one attached hydrogen (secondary N) is 1. The van der Waals surface area contributed by atoms with Crippen LogP contribution in [0.5, 0.6) is 11.5 Å². The molecule has 0 spiro atoms. The number of methoxy groups -OCH3 is 2. The van der Waals surface area contributed by atoms with Crippen molar-refractivity contribution in [1.29, 1.82) is 0 Å². The first-order valence-corrected chi connectivity index (χ1v) is 11.5. The normalized spacial score (nSPS) is 14.1. The van der Waals surface area contributed by atoms with E-state index in [0.717, 1.165) is 18.4 Å². The molecule has 1 aliphatic rings. The highest BCUT2D eigenvalue weighted by Gasteiger charge is 2.31. The number of rotatable bonds is 9. The Morgan fingerprint density at radius 3 is 2.31 bits per heavy atom. The minimum absolute atomic E-state index is 0.0199. The molecule has 32 heavy (non-hydrogen) atoms. The number of hydrogen-bond acceptors (Lipinski definition) is 7. The van der Waals surface area contributed by atoms with Crippen LogP contribution in [0.2, 0.25) is 0 Å². The molecule has 0 bridgehead atoms. The summed E-state index contributed by atoms with van der Waals surface area (Å²) >= 11 is 0. The summed E-state index contributed by atoms with van der Waals surface area (Å²) in [7, 11) is -0.868. The van der Waals surface area contributed by atoms with Gasteiger partial charge in [0, 0.05) is 19.6 Å². The maximum absolute atomic E-state index is 12.9. The topological polar surface area (TPSA) is 111 Å². The maximum Gasteiger partial charge on any atom is 0.338 e. The quantitative estimate of drug-likeness (QED) is 0.567. The number of amides is 1. The van der Waals surface area contributed by atoms with Gasteiger partial charge in [-0.1, -0.05) is 12.1 Å². The van der Waals surface area contributed by atoms with E-state index in [1.807, 2.05) is 12.1 Å². The van der Waals surface area contributed by atoms with E-state index in [-0.39, 0.29) is 22.8 Å². The van der Waals surface area contributed by atoms with Crippen molar-refractivity contribution in [1.82, 2.24) is 9.62 Å². The molecule has 1 amide bonds. The minimum Gasteiger partial charge on any atom is -0.497 e. The highest BCUT2D eigenvalue weighted by atomic mass is 32.2. The third kappa shape index (κ3) is 5.57. The summed E-state index contributed by atoms with van der Waals surface area (Å²) in [5, 5.41) is 2.65. The fourth-order valence-corrected chi connectivity index (χ4v) is 4.98. The number of carbonyl (C=O) groups is 2. The van der Waals surface area contributed by atoms with Gasteiger partial charge in [-0.2, -0.15) is 4.31 Å². The van der Waals surface area contributed by atoms with Crippen LogP contribution in [0.15, 0.2) is 47.4 Å². The van der Waals surface area contributed by atoms with Crippen molar-refractivity contribution in [2.75, 3.05) is 33.9 Å². The molecule has 9 nitrogen and oxygen atoms in total. The van der Waals surface area contributed by atoms with Crippen LogP contribution >= 0.6 is 0 Å². The number of hydrogen-bond donors (Lipinski definition) is 1. The lowest BCUT2D eigenvalue weighted by Crippen LogP contribution is -2.29. The van der Waals surface area contributed by atoms with Crippen LogP contribution in [-0.4, -0.2) is 58.5 Å². The first kappa shape index (κ1) is 23.6. The predicted molar refractivity (Wildman–Crippen MR) is 116 cm³/mol. The minimum atomic E-state index is -3.80. The highest BCUT2D eigenvalue weighted by molar-refractivity contribution is 7.89. The summed E-state index contributed by atoms with van der Waals surface area (Å²) in [5.41, 5.74) is 0.879. The Kier molecular flexibility index (Phi) is 7.70. The molecule has 1 heterocycles. The summed E-state index contributed by atoms with van der Waals surface area (Å²) in [6.45, 7) is 0.624. The predicted octanol–water partition coefficient (Wildman–Crippen LogP) is 1.96. The van der Waals surface area contributed by atoms with Gasteiger partial charge in [0.1, 0.15) is 16.4 Å². The Balaban J connectivity index is 1.61. The Morgan fingerprint density at radius 1 is 1.00 bits per heavy atom. The Morgan fingerprint density at radius 2 is 1.69 bits per heavy atom. The van der Waals surface area contributed by atoms with Crippen molar-refractivity contribution in [3.8, 4) is 11.5 Å². The van der Waals surface area contributed by atoms with E-state index in [1.165, 1.54) is 29.6 Å². The third-order valence-corrected chi connectivity index (χ3v) is 6.99. The molecule has 0 aromatic heterocycles. The largest absolute Gasteiger partial charge is 0.497 e. The molecule has 0 unspecified atom stereocenters. The molecule has 0 radical (unpaired) electrons. The van der Waals surface area contributed by atoms with Crippen molar-refractivity contribution in [3.63, 3.8) is 0 Å². The molecule has 1 fully saturated rings. The zero-order chi connectivity index (χ0) is 23.1. The molecular formula is C22H26N2O7S. The summed E-state index contributed by atoms with van der Waals surface area (Å²) in [6.07, 6.45) is 1.57. The zero-order valence-electron chi connectivity index (χ0n) is 18.0. The standard InChI is InChI=1S/C22H26N2O7S/c1-29-18-8-5-16(6-9-18)14-23-21(25)15-31-22(26)17-7-10-19(30-2)20(13-17)32(27,28)24-11-3-4-12-24/h5-10,13H,3-4,11-12,14-15H2,1-2H3,(H,23,25). The summed E-state index contributed by atoms with van der Waals surface area (Å²) < 4.78 is 42.6. The van der Waals surface area contributed by atoms with Crippen LogP contribution in [0.4, 0.5) is 0 Å². The molecule has 0 aliphatic carbocycles. The average molecular weight is 463 g/mol. The average Bonchev–Trinajstić information content (AvgIpc) is 3.37. The molecule has 2 aromatic rings. The summed E-state index contributed by atoms with van der Waals surface area (Å²) in [5.74, 6) is -0.428. The Hall–Kier alpha value is -3.11. The van der Waals surface area contributed by atoms with Crippen LogP contribution in [0.1, 0.15) is 28.8 Å². The third-order valence-electron chi connectivity index (χ3n) is 5.07. The van der Waals surface area contributed by atoms with Crippen molar-refractivity contribution < 1.29 is 32.2 Å². The van der Waals surface area contributed by atoms with Gasteiger partial charge in [-0.15, -0.1) is 0 Å². The second kappa shape index (κ2) is 10.5. The van der Waals surface area contributed by atoms with E-state index >= 15 is 0 Å². The molecule has 0 saturated carbocycles. The van der Waals surface area contributed by atoms with E-state index in [0.29, 0.717) is 18.8 Å². The van der Waals surface area contributed by atoms with E-state index < -0.39 is 28.5 Å². The summed E-state index contributed by atoms with van der Waals surface area (Å²) in [6, 6.07) is 11.2. The lowest BCUT2D eigenvalue weighted by molar-refractivity contribution is -0.124. The molecule has 2 aromatic carbocycles. The number of sulfonamides is 1. The first-order chi connectivity index (χ1) is 15.3. The molecule has 172 valence electrons. The second-order valence-corrected chi connectivity index (χ2v) is 9.08. The van der Waals surface area contributed by atoms with Gasteiger partial charge in [0.05, 0.1) is 19.8 Å². The number of ether oxygens (including phenoxy) is 3. The molecule has 10 heteroatoms. The summed E-state index contributed by atoms with van der Waals surface area (Å²) in [4.78, 5) is 24.4. The Labute approximate surface area is 187 Å². The van der Waals surface area contributed by atoms with Gasteiger partial charge in [-0.25, -0.2) is 13.2 Å². The fraction of sp³-hybridized carbons (Fsp3) is 0.364. The van der Waals surface area contributed by atoms with Crippen molar-refractivity contribution in [3.05, 3.63) is 53.6 Å². The van der Waals surface area contributed by atoms with Gasteiger partial charge >= 0.3 is 5.97 Å². The SMILES string of the molecule is COc1ccc(CNC(=O)COC(=O)c2ccc(OC)c(S(=O)(=O)N3CCCC3)c2)cc1. The molecule has 3 rings (SSSR count). The van der Waals surface area contributed by atoms with Gasteiger partial charge in [0.25, 0.3) is 5.91 Å². The van der Waals surface area contributed by atoms with Crippen molar-refractivity contribution in [2.24, 2.45) is 0 Å². The molecule has 1 N–H and O–H groups in total. The van der Waals surface area contributed by atoms with Crippen molar-refractivity contribution in [2.45, 2.75) is 24.3 Å². The van der Waals surface area contributed by atoms with E-state index in [2.05, 4.69) is 5.32 Å². The maximum atomic E-state index is 12.9. The lowest BCUT2D eigenvalue weighted by Gasteiger charge is -2.18. The molecule has 0 atom stereocenters. The highest BCUT2D eigenvalue weighted by Crippen LogP contribution is 2.30. The van der Waals surface area contributed by atoms with E-state index in [1.54, 1.807) is 19.2 Å². The number of carbonyl (C=O) groups excluding carboxylic acids is 2. The monoisotopic (exact) mass is 462 g/mol. The number of benzene rings is 2. The second-order valence-electron chi connectivity index (χ2n) is 7.18. The number of nitrogens with zero attached hydrogens (tertiary/aromatic N) is 1. The van der Waals surface area contributed by atoms with Crippen LogP contribution in [0.3, 0.4) is 0 Å². The molecule has 1 aliphatic heterocycles. The molecule has 1 saturated heterocycles. The first-order valence-electron chi connectivity index (χ1n) is 10.1. The van der Waals surface area contributed by atoms with E-state index in [4.69, 9.17) is 14.2 Å². The van der Waals surface area contributed by atoms with Gasteiger partial charge in [-0.3, -0.25) is 4.79 Å². The van der Waals surface area contributed by atoms with Crippen LogP contribution in [-0.2, 0) is 26.1 Å². The zero-order valence-corrected chi connectivity index (χ0v) is 18.8. The van der Waals surface area contributed by atoms with Gasteiger partial charge in [0.2, 0.25) is 10.0 Å². The van der Waals surface area contributed by atoms with Gasteiger partial charge in [-0.05, 0) is 48.7 Å².